The van der Waals surface area contributed by atoms with Crippen LogP contribution in [0.5, 0.6) is 0 Å². The van der Waals surface area contributed by atoms with Crippen LogP contribution in [0.4, 0.5) is 23.1 Å². The summed E-state index contributed by atoms with van der Waals surface area (Å²) in [5, 5.41) is 14.6. The highest BCUT2D eigenvalue weighted by Gasteiger charge is 2.14. The van der Waals surface area contributed by atoms with Crippen LogP contribution in [0.3, 0.4) is 0 Å². The third-order valence-electron chi connectivity index (χ3n) is 4.86. The van der Waals surface area contributed by atoms with Crippen molar-refractivity contribution in [3.63, 3.8) is 0 Å². The van der Waals surface area contributed by atoms with Gasteiger partial charge in [0, 0.05) is 44.1 Å². The molecule has 0 atom stereocenters. The lowest BCUT2D eigenvalue weighted by Gasteiger charge is -2.34. The van der Waals surface area contributed by atoms with Crippen molar-refractivity contribution >= 4 is 23.1 Å². The average molecular weight is 375 g/mol. The van der Waals surface area contributed by atoms with Crippen LogP contribution in [0.25, 0.3) is 0 Å². The minimum Gasteiger partial charge on any atom is -0.369 e. The van der Waals surface area contributed by atoms with Gasteiger partial charge in [-0.05, 0) is 36.9 Å². The van der Waals surface area contributed by atoms with Crippen molar-refractivity contribution < 1.29 is 0 Å². The van der Waals surface area contributed by atoms with Gasteiger partial charge >= 0.3 is 0 Å². The second kappa shape index (κ2) is 8.67. The highest BCUT2D eigenvalue weighted by Crippen LogP contribution is 2.21. The molecule has 0 aliphatic carbocycles. The quantitative estimate of drug-likeness (QED) is 0.686. The molecule has 0 amide bonds. The Kier molecular flexibility index (Phi) is 5.63. The van der Waals surface area contributed by atoms with E-state index in [1.165, 1.54) is 11.3 Å². The fourth-order valence-electron chi connectivity index (χ4n) is 3.18. The van der Waals surface area contributed by atoms with E-state index in [9.17, 15) is 0 Å². The number of hydrogen-bond acceptors (Lipinski definition) is 7. The number of rotatable bonds is 6. The summed E-state index contributed by atoms with van der Waals surface area (Å²) in [5.41, 5.74) is 3.40. The van der Waals surface area contributed by atoms with Gasteiger partial charge in [0.25, 0.3) is 0 Å². The first kappa shape index (κ1) is 18.2. The minimum absolute atomic E-state index is 0.503. The topological polar surface area (TPSA) is 69.2 Å². The maximum absolute atomic E-state index is 4.49. The first-order chi connectivity index (χ1) is 13.8. The Morgan fingerprint density at radius 1 is 0.929 bits per heavy atom. The minimum atomic E-state index is 0.503. The van der Waals surface area contributed by atoms with E-state index in [0.717, 1.165) is 31.9 Å². The number of piperazine rings is 1. The van der Waals surface area contributed by atoms with Gasteiger partial charge in [-0.2, -0.15) is 10.1 Å². The predicted octanol–water partition coefficient (Wildman–Crippen LogP) is 2.98. The van der Waals surface area contributed by atoms with E-state index < -0.39 is 0 Å². The molecule has 4 rings (SSSR count). The Balaban J connectivity index is 1.36. The Morgan fingerprint density at radius 2 is 1.68 bits per heavy atom. The van der Waals surface area contributed by atoms with Crippen LogP contribution in [0, 0.1) is 0 Å². The van der Waals surface area contributed by atoms with Crippen LogP contribution in [0.1, 0.15) is 5.56 Å². The summed E-state index contributed by atoms with van der Waals surface area (Å²) >= 11 is 0. The summed E-state index contributed by atoms with van der Waals surface area (Å²) in [6.07, 6.45) is 1.63. The summed E-state index contributed by atoms with van der Waals surface area (Å²) in [6, 6.07) is 18.6. The van der Waals surface area contributed by atoms with Crippen molar-refractivity contribution in [3.05, 3.63) is 66.4 Å². The molecular formula is C21H25N7. The number of aromatic nitrogens is 3. The van der Waals surface area contributed by atoms with E-state index in [1.54, 1.807) is 6.20 Å². The lowest BCUT2D eigenvalue weighted by molar-refractivity contribution is 0.313. The highest BCUT2D eigenvalue weighted by molar-refractivity contribution is 5.61. The molecule has 0 radical (unpaired) electrons. The Bertz CT molecular complexity index is 875. The number of benzene rings is 2. The molecule has 3 aromatic rings. The number of nitrogens with zero attached hydrogens (tertiary/aromatic N) is 5. The molecule has 2 N–H and O–H groups in total. The summed E-state index contributed by atoms with van der Waals surface area (Å²) in [5.74, 6) is 1.17. The van der Waals surface area contributed by atoms with Crippen molar-refractivity contribution in [2.45, 2.75) is 6.54 Å². The molecule has 2 heterocycles. The fraction of sp³-hybridized carbons (Fsp3) is 0.286. The van der Waals surface area contributed by atoms with Crippen LogP contribution < -0.4 is 15.5 Å². The predicted molar refractivity (Wildman–Crippen MR) is 113 cm³/mol. The van der Waals surface area contributed by atoms with E-state index in [1.807, 2.05) is 18.2 Å². The third-order valence-corrected chi connectivity index (χ3v) is 4.86. The van der Waals surface area contributed by atoms with Crippen molar-refractivity contribution in [2.75, 3.05) is 48.8 Å². The standard InChI is InChI=1S/C21H25N7/c1-27-11-13-28(14-12-27)19-9-7-18(8-10-19)24-20-16-23-26-21(25-20)22-15-17-5-3-2-4-6-17/h2-10,16H,11-15H2,1H3,(H2,22,24,25,26). The smallest absolute Gasteiger partial charge is 0.244 e. The summed E-state index contributed by atoms with van der Waals surface area (Å²) in [7, 11) is 2.17. The molecule has 2 aromatic carbocycles. The molecule has 1 aliphatic rings. The molecule has 1 saturated heterocycles. The Hall–Kier alpha value is -3.19. The molecule has 28 heavy (non-hydrogen) atoms. The Morgan fingerprint density at radius 3 is 2.43 bits per heavy atom. The fourth-order valence-corrected chi connectivity index (χ4v) is 3.18. The monoisotopic (exact) mass is 375 g/mol. The van der Waals surface area contributed by atoms with Gasteiger partial charge in [0.05, 0.1) is 6.20 Å². The van der Waals surface area contributed by atoms with Gasteiger partial charge in [-0.25, -0.2) is 0 Å². The van der Waals surface area contributed by atoms with Crippen molar-refractivity contribution in [2.24, 2.45) is 0 Å². The molecule has 1 fully saturated rings. The van der Waals surface area contributed by atoms with Crippen LogP contribution in [-0.2, 0) is 6.54 Å². The number of hydrogen-bond donors (Lipinski definition) is 2. The maximum Gasteiger partial charge on any atom is 0.244 e. The summed E-state index contributed by atoms with van der Waals surface area (Å²) in [4.78, 5) is 9.27. The summed E-state index contributed by atoms with van der Waals surface area (Å²) in [6.45, 7) is 4.99. The van der Waals surface area contributed by atoms with Crippen LogP contribution in [0.2, 0.25) is 0 Å². The van der Waals surface area contributed by atoms with Crippen molar-refractivity contribution in [3.8, 4) is 0 Å². The number of nitrogens with one attached hydrogen (secondary N) is 2. The Labute approximate surface area is 165 Å². The molecular weight excluding hydrogens is 350 g/mol. The normalized spacial score (nSPS) is 14.7. The van der Waals surface area contributed by atoms with Crippen LogP contribution >= 0.6 is 0 Å². The lowest BCUT2D eigenvalue weighted by atomic mass is 10.2. The largest absolute Gasteiger partial charge is 0.369 e. The van der Waals surface area contributed by atoms with E-state index in [2.05, 4.69) is 79.1 Å². The zero-order valence-electron chi connectivity index (χ0n) is 16.0. The van der Waals surface area contributed by atoms with E-state index >= 15 is 0 Å². The number of anilines is 4. The van der Waals surface area contributed by atoms with Gasteiger partial charge in [-0.1, -0.05) is 30.3 Å². The van der Waals surface area contributed by atoms with Crippen molar-refractivity contribution in [1.82, 2.24) is 20.1 Å². The maximum atomic E-state index is 4.49. The first-order valence-electron chi connectivity index (χ1n) is 9.54. The first-order valence-corrected chi connectivity index (χ1v) is 9.54. The van der Waals surface area contributed by atoms with Gasteiger partial charge in [-0.3, -0.25) is 0 Å². The number of likely N-dealkylation sites (N-methyl/N-ethyl adjacent to an activating group) is 1. The molecule has 1 aromatic heterocycles. The SMILES string of the molecule is CN1CCN(c2ccc(Nc3cnnc(NCc4ccccc4)n3)cc2)CC1. The van der Waals surface area contributed by atoms with Crippen LogP contribution in [0.15, 0.2) is 60.8 Å². The molecule has 7 nitrogen and oxygen atoms in total. The van der Waals surface area contributed by atoms with E-state index in [0.29, 0.717) is 18.3 Å². The molecule has 0 unspecified atom stereocenters. The van der Waals surface area contributed by atoms with Gasteiger partial charge in [-0.15, -0.1) is 5.10 Å². The zero-order chi connectivity index (χ0) is 19.2. The molecule has 0 saturated carbocycles. The van der Waals surface area contributed by atoms with Gasteiger partial charge in [0.15, 0.2) is 5.82 Å². The molecule has 0 bridgehead atoms. The second-order valence-corrected chi connectivity index (χ2v) is 6.97. The molecule has 1 aliphatic heterocycles. The van der Waals surface area contributed by atoms with E-state index in [-0.39, 0.29) is 0 Å². The lowest BCUT2D eigenvalue weighted by Crippen LogP contribution is -2.44. The van der Waals surface area contributed by atoms with Crippen molar-refractivity contribution in [1.29, 1.82) is 0 Å². The zero-order valence-corrected chi connectivity index (χ0v) is 16.0. The molecule has 0 spiro atoms. The molecule has 144 valence electrons. The molecule has 7 heteroatoms. The third kappa shape index (κ3) is 4.75. The van der Waals surface area contributed by atoms with Gasteiger partial charge in [0.1, 0.15) is 0 Å². The highest BCUT2D eigenvalue weighted by atomic mass is 15.3. The van der Waals surface area contributed by atoms with E-state index in [4.69, 9.17) is 0 Å². The van der Waals surface area contributed by atoms with Crippen LogP contribution in [-0.4, -0.2) is 53.3 Å². The summed E-state index contributed by atoms with van der Waals surface area (Å²) < 4.78 is 0. The van der Waals surface area contributed by atoms with Gasteiger partial charge < -0.3 is 20.4 Å². The van der Waals surface area contributed by atoms with Gasteiger partial charge in [0.2, 0.25) is 5.95 Å². The second-order valence-electron chi connectivity index (χ2n) is 6.97. The average Bonchev–Trinajstić information content (AvgIpc) is 2.75.